The monoisotopic (exact) mass is 303 g/mol. The van der Waals surface area contributed by atoms with Crippen molar-refractivity contribution in [3.8, 4) is 0 Å². The summed E-state index contributed by atoms with van der Waals surface area (Å²) in [5, 5.41) is 0.511. The summed E-state index contributed by atoms with van der Waals surface area (Å²) >= 11 is 6.02. The molecule has 1 aromatic rings. The normalized spacial score (nSPS) is 36.7. The van der Waals surface area contributed by atoms with Crippen molar-refractivity contribution in [3.63, 3.8) is 0 Å². The summed E-state index contributed by atoms with van der Waals surface area (Å²) in [5.41, 5.74) is 0.769. The first-order valence-corrected chi connectivity index (χ1v) is 7.31. The summed E-state index contributed by atoms with van der Waals surface area (Å²) in [4.78, 5) is 26.8. The molecule has 0 spiro atoms. The van der Waals surface area contributed by atoms with Crippen molar-refractivity contribution in [2.75, 3.05) is 4.90 Å². The molecule has 3 aliphatic rings. The molecule has 3 aliphatic heterocycles. The highest BCUT2D eigenvalue weighted by atomic mass is 35.5. The van der Waals surface area contributed by atoms with E-state index in [1.54, 1.807) is 12.1 Å². The minimum atomic E-state index is -0.663. The molecule has 4 atom stereocenters. The molecule has 5 heteroatoms. The maximum atomic E-state index is 12.8. The van der Waals surface area contributed by atoms with Gasteiger partial charge in [-0.05, 0) is 31.5 Å². The number of fused-ring (bicyclic) bond motifs is 5. The van der Waals surface area contributed by atoms with Crippen LogP contribution in [0.15, 0.2) is 30.4 Å². The molecular formula is C16H14ClNO3. The smallest absolute Gasteiger partial charge is 0.241 e. The molecular weight excluding hydrogens is 290 g/mol. The van der Waals surface area contributed by atoms with Crippen molar-refractivity contribution in [2.45, 2.75) is 25.6 Å². The van der Waals surface area contributed by atoms with Gasteiger partial charge in [0.05, 0.1) is 29.2 Å². The third kappa shape index (κ3) is 1.54. The number of halogens is 1. The maximum absolute atomic E-state index is 12.8. The van der Waals surface area contributed by atoms with Crippen LogP contribution in [0.4, 0.5) is 5.69 Å². The van der Waals surface area contributed by atoms with Gasteiger partial charge in [-0.1, -0.05) is 29.8 Å². The highest BCUT2D eigenvalue weighted by Crippen LogP contribution is 2.52. The fourth-order valence-corrected chi connectivity index (χ4v) is 3.88. The summed E-state index contributed by atoms with van der Waals surface area (Å²) in [6, 6.07) is 5.24. The van der Waals surface area contributed by atoms with Crippen LogP contribution in [0.5, 0.6) is 0 Å². The third-order valence-electron chi connectivity index (χ3n) is 4.74. The predicted molar refractivity (Wildman–Crippen MR) is 78.1 cm³/mol. The van der Waals surface area contributed by atoms with Gasteiger partial charge in [0.1, 0.15) is 0 Å². The Kier molecular flexibility index (Phi) is 2.46. The second kappa shape index (κ2) is 3.96. The van der Waals surface area contributed by atoms with Crippen molar-refractivity contribution in [2.24, 2.45) is 11.8 Å². The standard InChI is InChI=1S/C16H14ClNO3/c1-8-3-4-9(17)7-10(8)18-14(19)12-11-5-6-16(2,21-11)13(12)15(18)20/h3-7,11-13H,1-2H3/t11-,12+,13-,16-/m1/s1. The molecule has 4 rings (SSSR count). The first kappa shape index (κ1) is 13.0. The van der Waals surface area contributed by atoms with Gasteiger partial charge < -0.3 is 4.74 Å². The number of anilines is 1. The number of benzene rings is 1. The lowest BCUT2D eigenvalue weighted by Gasteiger charge is -2.24. The average molecular weight is 304 g/mol. The molecule has 0 aromatic heterocycles. The number of imide groups is 1. The summed E-state index contributed by atoms with van der Waals surface area (Å²) in [5.74, 6) is -1.22. The molecule has 3 heterocycles. The van der Waals surface area contributed by atoms with E-state index in [4.69, 9.17) is 16.3 Å². The summed E-state index contributed by atoms with van der Waals surface area (Å²) in [7, 11) is 0. The van der Waals surface area contributed by atoms with E-state index in [-0.39, 0.29) is 17.9 Å². The average Bonchev–Trinajstić information content (AvgIpc) is 3.03. The van der Waals surface area contributed by atoms with Gasteiger partial charge in [0, 0.05) is 5.02 Å². The molecule has 0 aliphatic carbocycles. The van der Waals surface area contributed by atoms with Crippen LogP contribution in [0, 0.1) is 18.8 Å². The van der Waals surface area contributed by atoms with Crippen molar-refractivity contribution in [1.29, 1.82) is 0 Å². The molecule has 2 fully saturated rings. The zero-order chi connectivity index (χ0) is 14.9. The van der Waals surface area contributed by atoms with E-state index in [1.165, 1.54) is 4.90 Å². The van der Waals surface area contributed by atoms with Gasteiger partial charge in [-0.3, -0.25) is 9.59 Å². The molecule has 21 heavy (non-hydrogen) atoms. The molecule has 2 bridgehead atoms. The third-order valence-corrected chi connectivity index (χ3v) is 4.98. The number of amides is 2. The Labute approximate surface area is 127 Å². The second-order valence-corrected chi connectivity index (χ2v) is 6.51. The van der Waals surface area contributed by atoms with E-state index in [1.807, 2.05) is 32.1 Å². The number of carbonyl (C=O) groups is 2. The lowest BCUT2D eigenvalue weighted by atomic mass is 9.78. The predicted octanol–water partition coefficient (Wildman–Crippen LogP) is 2.48. The van der Waals surface area contributed by atoms with Crippen LogP contribution in [0.1, 0.15) is 12.5 Å². The topological polar surface area (TPSA) is 46.6 Å². The van der Waals surface area contributed by atoms with Crippen molar-refractivity contribution >= 4 is 29.1 Å². The molecule has 4 nitrogen and oxygen atoms in total. The van der Waals surface area contributed by atoms with Gasteiger partial charge in [-0.15, -0.1) is 0 Å². The zero-order valence-corrected chi connectivity index (χ0v) is 12.4. The summed E-state index contributed by atoms with van der Waals surface area (Å²) in [6.45, 7) is 3.74. The SMILES string of the molecule is Cc1ccc(Cl)cc1N1C(=O)[C@H]2[C@H]3C=C[C@@](C)(O3)[C@H]2C1=O. The first-order chi connectivity index (χ1) is 9.92. The lowest BCUT2D eigenvalue weighted by molar-refractivity contribution is -0.126. The first-order valence-electron chi connectivity index (χ1n) is 6.93. The lowest BCUT2D eigenvalue weighted by Crippen LogP contribution is -2.38. The highest BCUT2D eigenvalue weighted by molar-refractivity contribution is 6.31. The number of nitrogens with zero attached hydrogens (tertiary/aromatic N) is 1. The number of hydrogen-bond acceptors (Lipinski definition) is 3. The van der Waals surface area contributed by atoms with Gasteiger partial charge in [-0.2, -0.15) is 0 Å². The Hall–Kier alpha value is -1.65. The van der Waals surface area contributed by atoms with Gasteiger partial charge in [0.2, 0.25) is 11.8 Å². The van der Waals surface area contributed by atoms with Crippen LogP contribution < -0.4 is 4.90 Å². The van der Waals surface area contributed by atoms with E-state index >= 15 is 0 Å². The largest absolute Gasteiger partial charge is 0.362 e. The molecule has 0 saturated carbocycles. The summed E-state index contributed by atoms with van der Waals surface area (Å²) < 4.78 is 5.80. The highest BCUT2D eigenvalue weighted by Gasteiger charge is 2.66. The van der Waals surface area contributed by atoms with E-state index in [0.717, 1.165) is 5.56 Å². The van der Waals surface area contributed by atoms with E-state index in [9.17, 15) is 9.59 Å². The number of hydrogen-bond donors (Lipinski definition) is 0. The molecule has 2 amide bonds. The maximum Gasteiger partial charge on any atom is 0.241 e. The van der Waals surface area contributed by atoms with Crippen LogP contribution in [0.2, 0.25) is 5.02 Å². The Balaban J connectivity index is 1.82. The number of aryl methyl sites for hydroxylation is 1. The molecule has 0 N–H and O–H groups in total. The van der Waals surface area contributed by atoms with Gasteiger partial charge in [-0.25, -0.2) is 4.90 Å². The Morgan fingerprint density at radius 3 is 2.76 bits per heavy atom. The number of ether oxygens (including phenoxy) is 1. The fraction of sp³-hybridized carbons (Fsp3) is 0.375. The van der Waals surface area contributed by atoms with Crippen molar-refractivity contribution in [1.82, 2.24) is 0 Å². The van der Waals surface area contributed by atoms with E-state index in [0.29, 0.717) is 10.7 Å². The van der Waals surface area contributed by atoms with Crippen LogP contribution >= 0.6 is 11.6 Å². The van der Waals surface area contributed by atoms with Crippen molar-refractivity contribution < 1.29 is 14.3 Å². The molecule has 2 saturated heterocycles. The minimum absolute atomic E-state index is 0.187. The Morgan fingerprint density at radius 2 is 2.05 bits per heavy atom. The summed E-state index contributed by atoms with van der Waals surface area (Å²) in [6.07, 6.45) is 3.50. The molecule has 0 unspecified atom stereocenters. The van der Waals surface area contributed by atoms with E-state index < -0.39 is 17.4 Å². The van der Waals surface area contributed by atoms with Gasteiger partial charge in [0.15, 0.2) is 0 Å². The Morgan fingerprint density at radius 1 is 1.29 bits per heavy atom. The second-order valence-electron chi connectivity index (χ2n) is 6.07. The van der Waals surface area contributed by atoms with Gasteiger partial charge in [0.25, 0.3) is 0 Å². The van der Waals surface area contributed by atoms with Crippen LogP contribution in [-0.2, 0) is 14.3 Å². The molecule has 0 radical (unpaired) electrons. The quantitative estimate of drug-likeness (QED) is 0.591. The molecule has 1 aromatic carbocycles. The van der Waals surface area contributed by atoms with Crippen LogP contribution in [0.3, 0.4) is 0 Å². The van der Waals surface area contributed by atoms with Crippen molar-refractivity contribution in [3.05, 3.63) is 40.9 Å². The molecule has 108 valence electrons. The number of rotatable bonds is 1. The fourth-order valence-electron chi connectivity index (χ4n) is 3.71. The van der Waals surface area contributed by atoms with E-state index in [2.05, 4.69) is 0 Å². The van der Waals surface area contributed by atoms with Gasteiger partial charge >= 0.3 is 0 Å². The van der Waals surface area contributed by atoms with Crippen LogP contribution in [0.25, 0.3) is 0 Å². The minimum Gasteiger partial charge on any atom is -0.362 e. The number of carbonyl (C=O) groups excluding carboxylic acids is 2. The Bertz CT molecular complexity index is 713. The zero-order valence-electron chi connectivity index (χ0n) is 11.7. The van der Waals surface area contributed by atoms with Crippen LogP contribution in [-0.4, -0.2) is 23.5 Å².